The molecule has 2 aromatic heterocycles. The van der Waals surface area contributed by atoms with Crippen molar-refractivity contribution in [2.24, 2.45) is 0 Å². The van der Waals surface area contributed by atoms with Crippen molar-refractivity contribution in [1.29, 1.82) is 5.26 Å². The molecule has 206 valence electrons. The molecule has 1 aliphatic heterocycles. The van der Waals surface area contributed by atoms with E-state index in [1.54, 1.807) is 0 Å². The van der Waals surface area contributed by atoms with Crippen LogP contribution in [-0.4, -0.2) is 39.6 Å². The second kappa shape index (κ2) is 11.1. The standard InChI is InChI=1S/C32H38N8/c1-20-17-24(11-12-27(20)38-31-34-21(2)18-22(3)35-31)36-30-26(19-33)29(25-9-7-8-10-28(25)37-30)40-15-13-23(14-16-40)39-32(4,5)6/h7-12,17-18,23,39H,13-16H2,1-6H3,(H,36,37)(H,34,35,38). The molecular formula is C32H38N8. The van der Waals surface area contributed by atoms with Gasteiger partial charge in [-0.1, -0.05) is 18.2 Å². The lowest BCUT2D eigenvalue weighted by atomic mass is 9.98. The zero-order valence-electron chi connectivity index (χ0n) is 24.3. The van der Waals surface area contributed by atoms with Crippen molar-refractivity contribution >= 4 is 39.7 Å². The number of nitrogens with zero attached hydrogens (tertiary/aromatic N) is 5. The molecule has 3 heterocycles. The van der Waals surface area contributed by atoms with Crippen LogP contribution in [0.3, 0.4) is 0 Å². The summed E-state index contributed by atoms with van der Waals surface area (Å²) in [5.41, 5.74) is 7.15. The quantitative estimate of drug-likeness (QED) is 0.252. The summed E-state index contributed by atoms with van der Waals surface area (Å²) in [5, 5.41) is 21.9. The lowest BCUT2D eigenvalue weighted by molar-refractivity contribution is 0.317. The Morgan fingerprint density at radius 3 is 2.25 bits per heavy atom. The second-order valence-electron chi connectivity index (χ2n) is 11.7. The maximum atomic E-state index is 10.4. The Kier molecular flexibility index (Phi) is 7.59. The van der Waals surface area contributed by atoms with Gasteiger partial charge >= 0.3 is 0 Å². The number of nitrogens with one attached hydrogen (secondary N) is 3. The number of benzene rings is 2. The fourth-order valence-electron chi connectivity index (χ4n) is 5.50. The highest BCUT2D eigenvalue weighted by molar-refractivity contribution is 5.98. The number of hydrogen-bond acceptors (Lipinski definition) is 8. The first-order chi connectivity index (χ1) is 19.1. The molecule has 0 bridgehead atoms. The first-order valence-electron chi connectivity index (χ1n) is 13.9. The number of para-hydroxylation sites is 1. The molecule has 0 amide bonds. The van der Waals surface area contributed by atoms with Crippen LogP contribution >= 0.6 is 0 Å². The molecule has 40 heavy (non-hydrogen) atoms. The fraction of sp³-hybridized carbons (Fsp3) is 0.375. The summed E-state index contributed by atoms with van der Waals surface area (Å²) in [5.74, 6) is 1.15. The third-order valence-corrected chi connectivity index (χ3v) is 7.14. The minimum absolute atomic E-state index is 0.0836. The van der Waals surface area contributed by atoms with E-state index in [1.807, 2.05) is 63.2 Å². The summed E-state index contributed by atoms with van der Waals surface area (Å²) < 4.78 is 0. The molecule has 1 aliphatic rings. The number of nitriles is 1. The number of fused-ring (bicyclic) bond motifs is 1. The molecule has 8 nitrogen and oxygen atoms in total. The number of piperidine rings is 1. The van der Waals surface area contributed by atoms with Crippen molar-refractivity contribution in [2.75, 3.05) is 28.6 Å². The van der Waals surface area contributed by atoms with E-state index in [0.29, 0.717) is 23.4 Å². The Bertz CT molecular complexity index is 1550. The van der Waals surface area contributed by atoms with Gasteiger partial charge in [-0.3, -0.25) is 0 Å². The van der Waals surface area contributed by atoms with Gasteiger partial charge in [0.25, 0.3) is 0 Å². The monoisotopic (exact) mass is 534 g/mol. The molecule has 2 aromatic carbocycles. The van der Waals surface area contributed by atoms with Crippen LogP contribution in [0.1, 0.15) is 56.1 Å². The number of rotatable bonds is 6. The molecule has 5 rings (SSSR count). The first-order valence-corrected chi connectivity index (χ1v) is 13.9. The molecule has 0 atom stereocenters. The summed E-state index contributed by atoms with van der Waals surface area (Å²) in [6, 6.07) is 19.0. The first kappa shape index (κ1) is 27.4. The van der Waals surface area contributed by atoms with E-state index >= 15 is 0 Å². The smallest absolute Gasteiger partial charge is 0.227 e. The Morgan fingerprint density at radius 1 is 0.900 bits per heavy atom. The average molecular weight is 535 g/mol. The van der Waals surface area contributed by atoms with Crippen LogP contribution in [0.5, 0.6) is 0 Å². The van der Waals surface area contributed by atoms with Gasteiger partial charge in [-0.15, -0.1) is 0 Å². The topological polar surface area (TPSA) is 102 Å². The normalized spacial score (nSPS) is 14.3. The molecule has 0 radical (unpaired) electrons. The molecule has 1 saturated heterocycles. The van der Waals surface area contributed by atoms with E-state index < -0.39 is 0 Å². The van der Waals surface area contributed by atoms with Gasteiger partial charge in [0.05, 0.1) is 11.2 Å². The zero-order chi connectivity index (χ0) is 28.4. The minimum Gasteiger partial charge on any atom is -0.370 e. The third-order valence-electron chi connectivity index (χ3n) is 7.14. The maximum absolute atomic E-state index is 10.4. The summed E-state index contributed by atoms with van der Waals surface area (Å²) >= 11 is 0. The largest absolute Gasteiger partial charge is 0.370 e. The fourth-order valence-corrected chi connectivity index (χ4v) is 5.50. The summed E-state index contributed by atoms with van der Waals surface area (Å²) in [4.78, 5) is 16.2. The Balaban J connectivity index is 1.44. The van der Waals surface area contributed by atoms with E-state index in [9.17, 15) is 5.26 Å². The number of aromatic nitrogens is 3. The van der Waals surface area contributed by atoms with Crippen molar-refractivity contribution in [3.63, 3.8) is 0 Å². The summed E-state index contributed by atoms with van der Waals surface area (Å²) in [6.45, 7) is 14.4. The summed E-state index contributed by atoms with van der Waals surface area (Å²) in [6.07, 6.45) is 2.05. The van der Waals surface area contributed by atoms with E-state index in [-0.39, 0.29) is 5.54 Å². The van der Waals surface area contributed by atoms with Crippen molar-refractivity contribution in [1.82, 2.24) is 20.3 Å². The van der Waals surface area contributed by atoms with Crippen molar-refractivity contribution in [3.05, 3.63) is 71.0 Å². The number of aryl methyl sites for hydroxylation is 3. The zero-order valence-corrected chi connectivity index (χ0v) is 24.3. The van der Waals surface area contributed by atoms with Gasteiger partial charge in [0.1, 0.15) is 11.6 Å². The Hall–Kier alpha value is -4.22. The van der Waals surface area contributed by atoms with Crippen LogP contribution in [0.15, 0.2) is 48.5 Å². The average Bonchev–Trinajstić information content (AvgIpc) is 2.88. The van der Waals surface area contributed by atoms with Gasteiger partial charge in [-0.2, -0.15) is 5.26 Å². The molecule has 0 saturated carbocycles. The van der Waals surface area contributed by atoms with Gasteiger partial charge < -0.3 is 20.9 Å². The van der Waals surface area contributed by atoms with Gasteiger partial charge in [0, 0.05) is 52.8 Å². The lowest BCUT2D eigenvalue weighted by Gasteiger charge is -2.38. The van der Waals surface area contributed by atoms with E-state index in [2.05, 4.69) is 63.7 Å². The highest BCUT2D eigenvalue weighted by Crippen LogP contribution is 2.37. The number of anilines is 5. The van der Waals surface area contributed by atoms with Gasteiger partial charge in [0.2, 0.25) is 5.95 Å². The van der Waals surface area contributed by atoms with Crippen LogP contribution in [0.4, 0.5) is 28.8 Å². The van der Waals surface area contributed by atoms with Crippen molar-refractivity contribution in [2.45, 2.75) is 66.0 Å². The second-order valence-corrected chi connectivity index (χ2v) is 11.7. The molecule has 0 aliphatic carbocycles. The van der Waals surface area contributed by atoms with Crippen LogP contribution in [0, 0.1) is 32.1 Å². The molecule has 0 spiro atoms. The molecule has 8 heteroatoms. The van der Waals surface area contributed by atoms with E-state index in [1.165, 1.54) is 0 Å². The molecular weight excluding hydrogens is 496 g/mol. The third kappa shape index (κ3) is 6.16. The van der Waals surface area contributed by atoms with Crippen LogP contribution < -0.4 is 20.9 Å². The Labute approximate surface area is 236 Å². The highest BCUT2D eigenvalue weighted by atomic mass is 15.2. The predicted molar refractivity (Wildman–Crippen MR) is 164 cm³/mol. The molecule has 3 N–H and O–H groups in total. The van der Waals surface area contributed by atoms with E-state index in [0.717, 1.165) is 70.8 Å². The molecule has 1 fully saturated rings. The highest BCUT2D eigenvalue weighted by Gasteiger charge is 2.27. The molecule has 0 unspecified atom stereocenters. The summed E-state index contributed by atoms with van der Waals surface area (Å²) in [7, 11) is 0. The van der Waals surface area contributed by atoms with Crippen molar-refractivity contribution < 1.29 is 0 Å². The number of hydrogen-bond donors (Lipinski definition) is 3. The van der Waals surface area contributed by atoms with Gasteiger partial charge in [-0.25, -0.2) is 15.0 Å². The minimum atomic E-state index is 0.0836. The predicted octanol–water partition coefficient (Wildman–Crippen LogP) is 6.67. The van der Waals surface area contributed by atoms with E-state index in [4.69, 9.17) is 4.98 Å². The van der Waals surface area contributed by atoms with Crippen LogP contribution in [0.25, 0.3) is 10.9 Å². The van der Waals surface area contributed by atoms with Crippen molar-refractivity contribution in [3.8, 4) is 6.07 Å². The lowest BCUT2D eigenvalue weighted by Crippen LogP contribution is -2.49. The van der Waals surface area contributed by atoms with Gasteiger partial charge in [0.15, 0.2) is 5.82 Å². The van der Waals surface area contributed by atoms with Crippen LogP contribution in [-0.2, 0) is 0 Å². The van der Waals surface area contributed by atoms with Gasteiger partial charge in [-0.05, 0) is 90.3 Å². The maximum Gasteiger partial charge on any atom is 0.227 e. The SMILES string of the molecule is Cc1cc(C)nc(Nc2ccc(Nc3nc4ccccc4c(N4CCC(NC(C)(C)C)CC4)c3C#N)cc2C)n1. The number of pyridine rings is 1. The van der Waals surface area contributed by atoms with Crippen LogP contribution in [0.2, 0.25) is 0 Å². The Morgan fingerprint density at radius 2 is 1.60 bits per heavy atom. The molecule has 4 aromatic rings.